The fraction of sp³-hybridized carbons (Fsp3) is 0. The standard InChI is InChI=1S/C14H12N4/c15-11-4-5-14(17-9-11)18-13-3-1-2-10-8-16-7-6-12(10)13/h1-9H,15H2,(H,17,18). The van der Waals surface area contributed by atoms with Gasteiger partial charge in [-0.1, -0.05) is 12.1 Å². The number of fused-ring (bicyclic) bond motifs is 1. The van der Waals surface area contributed by atoms with Gasteiger partial charge in [0, 0.05) is 28.9 Å². The molecule has 0 radical (unpaired) electrons. The lowest BCUT2D eigenvalue weighted by molar-refractivity contribution is 1.31. The molecule has 88 valence electrons. The van der Waals surface area contributed by atoms with Crippen LogP contribution in [0.4, 0.5) is 17.2 Å². The fourth-order valence-electron chi connectivity index (χ4n) is 1.85. The van der Waals surface area contributed by atoms with Crippen LogP contribution < -0.4 is 11.1 Å². The molecule has 0 amide bonds. The highest BCUT2D eigenvalue weighted by atomic mass is 15.0. The number of hydrogen-bond donors (Lipinski definition) is 2. The van der Waals surface area contributed by atoms with Crippen molar-refractivity contribution in [1.82, 2.24) is 9.97 Å². The summed E-state index contributed by atoms with van der Waals surface area (Å²) in [5.74, 6) is 0.772. The van der Waals surface area contributed by atoms with Crippen LogP contribution in [0.2, 0.25) is 0 Å². The summed E-state index contributed by atoms with van der Waals surface area (Å²) in [6.07, 6.45) is 5.26. The maximum atomic E-state index is 5.61. The molecule has 0 aliphatic rings. The summed E-state index contributed by atoms with van der Waals surface area (Å²) in [7, 11) is 0. The number of rotatable bonds is 2. The van der Waals surface area contributed by atoms with Crippen LogP contribution in [0.15, 0.2) is 55.0 Å². The van der Waals surface area contributed by atoms with Gasteiger partial charge in [-0.05, 0) is 24.3 Å². The molecule has 3 aromatic rings. The third-order valence-electron chi connectivity index (χ3n) is 2.73. The molecule has 0 fully saturated rings. The first-order valence-electron chi connectivity index (χ1n) is 5.64. The molecule has 2 aromatic heterocycles. The summed E-state index contributed by atoms with van der Waals surface area (Å²) in [5.41, 5.74) is 7.27. The van der Waals surface area contributed by atoms with Gasteiger partial charge in [0.2, 0.25) is 0 Å². The molecule has 0 saturated carbocycles. The Bertz CT molecular complexity index is 671. The molecule has 2 heterocycles. The van der Waals surface area contributed by atoms with Crippen molar-refractivity contribution in [3.8, 4) is 0 Å². The number of nitrogens with zero attached hydrogens (tertiary/aromatic N) is 2. The number of benzene rings is 1. The fourth-order valence-corrected chi connectivity index (χ4v) is 1.85. The van der Waals surface area contributed by atoms with Gasteiger partial charge >= 0.3 is 0 Å². The number of pyridine rings is 2. The van der Waals surface area contributed by atoms with E-state index in [1.54, 1.807) is 12.4 Å². The van der Waals surface area contributed by atoms with Crippen molar-refractivity contribution in [3.05, 3.63) is 55.0 Å². The average Bonchev–Trinajstić information content (AvgIpc) is 2.42. The third-order valence-corrected chi connectivity index (χ3v) is 2.73. The zero-order valence-electron chi connectivity index (χ0n) is 9.67. The minimum absolute atomic E-state index is 0.655. The monoisotopic (exact) mass is 236 g/mol. The van der Waals surface area contributed by atoms with Crippen molar-refractivity contribution in [1.29, 1.82) is 0 Å². The lowest BCUT2D eigenvalue weighted by Crippen LogP contribution is -1.95. The number of aromatic nitrogens is 2. The van der Waals surface area contributed by atoms with Gasteiger partial charge in [-0.3, -0.25) is 4.98 Å². The normalized spacial score (nSPS) is 10.4. The van der Waals surface area contributed by atoms with Gasteiger partial charge in [0.15, 0.2) is 0 Å². The molecule has 4 heteroatoms. The van der Waals surface area contributed by atoms with E-state index in [1.807, 2.05) is 42.6 Å². The lowest BCUT2D eigenvalue weighted by Gasteiger charge is -2.08. The molecule has 1 aromatic carbocycles. The highest BCUT2D eigenvalue weighted by Crippen LogP contribution is 2.24. The van der Waals surface area contributed by atoms with E-state index in [4.69, 9.17) is 5.73 Å². The number of nitrogens with one attached hydrogen (secondary N) is 1. The van der Waals surface area contributed by atoms with Gasteiger partial charge in [0.1, 0.15) is 5.82 Å². The lowest BCUT2D eigenvalue weighted by atomic mass is 10.1. The molecule has 0 spiro atoms. The summed E-state index contributed by atoms with van der Waals surface area (Å²) in [4.78, 5) is 8.34. The number of hydrogen-bond acceptors (Lipinski definition) is 4. The number of nitrogen functional groups attached to an aromatic ring is 1. The Labute approximate surface area is 104 Å². The summed E-state index contributed by atoms with van der Waals surface area (Å²) in [5, 5.41) is 5.49. The van der Waals surface area contributed by atoms with E-state index < -0.39 is 0 Å². The molecule has 18 heavy (non-hydrogen) atoms. The largest absolute Gasteiger partial charge is 0.397 e. The Balaban J connectivity index is 2.02. The van der Waals surface area contributed by atoms with E-state index in [-0.39, 0.29) is 0 Å². The third kappa shape index (κ3) is 1.96. The quantitative estimate of drug-likeness (QED) is 0.718. The van der Waals surface area contributed by atoms with Crippen molar-refractivity contribution in [3.63, 3.8) is 0 Å². The summed E-state index contributed by atoms with van der Waals surface area (Å²) >= 11 is 0. The SMILES string of the molecule is Nc1ccc(Nc2cccc3cnccc23)nc1. The Hall–Kier alpha value is -2.62. The zero-order chi connectivity index (χ0) is 12.4. The highest BCUT2D eigenvalue weighted by Gasteiger charge is 2.01. The molecular formula is C14H12N4. The second kappa shape index (κ2) is 4.33. The maximum Gasteiger partial charge on any atom is 0.130 e. The molecule has 0 aliphatic carbocycles. The molecule has 0 saturated heterocycles. The minimum Gasteiger partial charge on any atom is -0.397 e. The van der Waals surface area contributed by atoms with Crippen molar-refractivity contribution in [2.75, 3.05) is 11.1 Å². The molecule has 0 bridgehead atoms. The van der Waals surface area contributed by atoms with Crippen molar-refractivity contribution < 1.29 is 0 Å². The average molecular weight is 236 g/mol. The first-order chi connectivity index (χ1) is 8.83. The molecule has 0 atom stereocenters. The van der Waals surface area contributed by atoms with Crippen molar-refractivity contribution in [2.24, 2.45) is 0 Å². The first kappa shape index (κ1) is 10.5. The van der Waals surface area contributed by atoms with Gasteiger partial charge in [-0.2, -0.15) is 0 Å². The molecule has 4 nitrogen and oxygen atoms in total. The molecule has 3 rings (SSSR count). The Morgan fingerprint density at radius 2 is 1.94 bits per heavy atom. The Morgan fingerprint density at radius 3 is 2.78 bits per heavy atom. The van der Waals surface area contributed by atoms with E-state index in [2.05, 4.69) is 15.3 Å². The second-order valence-corrected chi connectivity index (χ2v) is 4.00. The predicted octanol–water partition coefficient (Wildman–Crippen LogP) is 2.96. The second-order valence-electron chi connectivity index (χ2n) is 4.00. The summed E-state index contributed by atoms with van der Waals surface area (Å²) in [6.45, 7) is 0. The predicted molar refractivity (Wildman–Crippen MR) is 73.7 cm³/mol. The van der Waals surface area contributed by atoms with E-state index >= 15 is 0 Å². The first-order valence-corrected chi connectivity index (χ1v) is 5.64. The van der Waals surface area contributed by atoms with Crippen molar-refractivity contribution in [2.45, 2.75) is 0 Å². The molecule has 0 aliphatic heterocycles. The Morgan fingerprint density at radius 1 is 1.00 bits per heavy atom. The van der Waals surface area contributed by atoms with Gasteiger partial charge in [-0.25, -0.2) is 4.98 Å². The molecular weight excluding hydrogens is 224 g/mol. The van der Waals surface area contributed by atoms with Crippen LogP contribution in [0, 0.1) is 0 Å². The van der Waals surface area contributed by atoms with Crippen LogP contribution in [-0.2, 0) is 0 Å². The summed E-state index contributed by atoms with van der Waals surface area (Å²) in [6, 6.07) is 11.7. The van der Waals surface area contributed by atoms with Gasteiger partial charge in [0.05, 0.1) is 11.9 Å². The molecule has 3 N–H and O–H groups in total. The smallest absolute Gasteiger partial charge is 0.130 e. The number of anilines is 3. The molecule has 0 unspecified atom stereocenters. The van der Waals surface area contributed by atoms with Crippen LogP contribution >= 0.6 is 0 Å². The topological polar surface area (TPSA) is 63.8 Å². The summed E-state index contributed by atoms with van der Waals surface area (Å²) < 4.78 is 0. The van der Waals surface area contributed by atoms with E-state index in [9.17, 15) is 0 Å². The Kier molecular flexibility index (Phi) is 2.53. The van der Waals surface area contributed by atoms with Crippen LogP contribution in [0.25, 0.3) is 10.8 Å². The van der Waals surface area contributed by atoms with Gasteiger partial charge in [-0.15, -0.1) is 0 Å². The van der Waals surface area contributed by atoms with Crippen LogP contribution in [0.1, 0.15) is 0 Å². The van der Waals surface area contributed by atoms with Crippen LogP contribution in [0.5, 0.6) is 0 Å². The van der Waals surface area contributed by atoms with Gasteiger partial charge < -0.3 is 11.1 Å². The van der Waals surface area contributed by atoms with E-state index in [0.29, 0.717) is 5.69 Å². The van der Waals surface area contributed by atoms with Crippen LogP contribution in [0.3, 0.4) is 0 Å². The van der Waals surface area contributed by atoms with Crippen molar-refractivity contribution >= 4 is 28.0 Å². The number of nitrogens with two attached hydrogens (primary N) is 1. The van der Waals surface area contributed by atoms with Gasteiger partial charge in [0.25, 0.3) is 0 Å². The van der Waals surface area contributed by atoms with E-state index in [0.717, 1.165) is 22.3 Å². The van der Waals surface area contributed by atoms with E-state index in [1.165, 1.54) is 0 Å². The highest BCUT2D eigenvalue weighted by molar-refractivity contribution is 5.94. The zero-order valence-corrected chi connectivity index (χ0v) is 9.67. The maximum absolute atomic E-state index is 5.61. The minimum atomic E-state index is 0.655. The van der Waals surface area contributed by atoms with Crippen LogP contribution in [-0.4, -0.2) is 9.97 Å².